The van der Waals surface area contributed by atoms with Gasteiger partial charge in [-0.1, -0.05) is 0 Å². The van der Waals surface area contributed by atoms with Gasteiger partial charge in [-0.25, -0.2) is 0 Å². The first-order valence-corrected chi connectivity index (χ1v) is 4.82. The first-order chi connectivity index (χ1) is 5.40. The highest BCUT2D eigenvalue weighted by molar-refractivity contribution is 4.86. The van der Waals surface area contributed by atoms with Crippen molar-refractivity contribution in [1.29, 1.82) is 0 Å². The molecule has 1 unspecified atom stereocenters. The molecule has 3 fully saturated rings. The van der Waals surface area contributed by atoms with Gasteiger partial charge in [0.25, 0.3) is 0 Å². The van der Waals surface area contributed by atoms with Gasteiger partial charge < -0.3 is 10.6 Å². The molecule has 2 nitrogen and oxygen atoms in total. The molecule has 0 aromatic carbocycles. The number of fused-ring (bicyclic) bond motifs is 3. The highest BCUT2D eigenvalue weighted by Crippen LogP contribution is 2.33. The Bertz CT molecular complexity index is 128. The molecule has 11 heavy (non-hydrogen) atoms. The largest absolute Gasteiger partial charge is 0.330 e. The van der Waals surface area contributed by atoms with Crippen molar-refractivity contribution in [2.75, 3.05) is 26.2 Å². The predicted octanol–water partition coefficient (Wildman–Crippen LogP) is 0.677. The smallest absolute Gasteiger partial charge is 0.00128 e. The van der Waals surface area contributed by atoms with E-state index in [1.165, 1.54) is 38.9 Å². The quantitative estimate of drug-likeness (QED) is 0.633. The maximum Gasteiger partial charge on any atom is 0.00128 e. The molecule has 3 aliphatic rings. The second kappa shape index (κ2) is 3.11. The van der Waals surface area contributed by atoms with E-state index in [-0.39, 0.29) is 0 Å². The summed E-state index contributed by atoms with van der Waals surface area (Å²) in [4.78, 5) is 2.60. The van der Waals surface area contributed by atoms with E-state index in [1.54, 1.807) is 0 Å². The summed E-state index contributed by atoms with van der Waals surface area (Å²) >= 11 is 0. The second-order valence-corrected chi connectivity index (χ2v) is 3.98. The molecule has 3 saturated heterocycles. The van der Waals surface area contributed by atoms with Crippen molar-refractivity contribution in [3.05, 3.63) is 0 Å². The molecule has 2 N–H and O–H groups in total. The molecular formula is C9H18N2. The van der Waals surface area contributed by atoms with Crippen LogP contribution in [0, 0.1) is 11.8 Å². The minimum absolute atomic E-state index is 0.884. The normalized spacial score (nSPS) is 42.8. The molecule has 0 spiro atoms. The lowest BCUT2D eigenvalue weighted by atomic mass is 9.77. The van der Waals surface area contributed by atoms with Gasteiger partial charge in [0.2, 0.25) is 0 Å². The fraction of sp³-hybridized carbons (Fsp3) is 1.00. The van der Waals surface area contributed by atoms with Gasteiger partial charge in [0.15, 0.2) is 0 Å². The SMILES string of the molecule is NCCC1CN2CCC1CC2. The number of piperidine rings is 3. The van der Waals surface area contributed by atoms with Crippen molar-refractivity contribution >= 4 is 0 Å². The Morgan fingerprint density at radius 2 is 2.00 bits per heavy atom. The highest BCUT2D eigenvalue weighted by Gasteiger charge is 2.32. The standard InChI is InChI=1S/C9H18N2/c10-4-1-9-7-11-5-2-8(9)3-6-11/h8-9H,1-7,10H2. The maximum atomic E-state index is 5.57. The van der Waals surface area contributed by atoms with Crippen LogP contribution in [-0.4, -0.2) is 31.1 Å². The topological polar surface area (TPSA) is 29.3 Å². The number of rotatable bonds is 2. The lowest BCUT2D eigenvalue weighted by molar-refractivity contribution is 0.0480. The van der Waals surface area contributed by atoms with Gasteiger partial charge in [-0.05, 0) is 50.7 Å². The fourth-order valence-corrected chi connectivity index (χ4v) is 2.63. The molecule has 0 amide bonds. The van der Waals surface area contributed by atoms with Gasteiger partial charge in [0, 0.05) is 6.54 Å². The van der Waals surface area contributed by atoms with Crippen molar-refractivity contribution in [3.63, 3.8) is 0 Å². The molecule has 64 valence electrons. The molecule has 3 aliphatic heterocycles. The number of nitrogens with zero attached hydrogens (tertiary/aromatic N) is 1. The van der Waals surface area contributed by atoms with E-state index >= 15 is 0 Å². The van der Waals surface area contributed by atoms with Crippen LogP contribution >= 0.6 is 0 Å². The number of nitrogens with two attached hydrogens (primary N) is 1. The molecule has 0 aromatic heterocycles. The zero-order valence-corrected chi connectivity index (χ0v) is 7.13. The summed E-state index contributed by atoms with van der Waals surface area (Å²) in [5.74, 6) is 1.95. The van der Waals surface area contributed by atoms with E-state index in [0.717, 1.165) is 18.4 Å². The Morgan fingerprint density at radius 3 is 2.45 bits per heavy atom. The minimum Gasteiger partial charge on any atom is -0.330 e. The number of hydrogen-bond donors (Lipinski definition) is 1. The van der Waals surface area contributed by atoms with E-state index in [0.29, 0.717) is 0 Å². The average Bonchev–Trinajstić information content (AvgIpc) is 2.07. The Kier molecular flexibility index (Phi) is 2.14. The molecule has 0 saturated carbocycles. The van der Waals surface area contributed by atoms with Crippen molar-refractivity contribution in [1.82, 2.24) is 4.90 Å². The first kappa shape index (κ1) is 7.56. The molecule has 1 atom stereocenters. The predicted molar refractivity (Wildman–Crippen MR) is 46.3 cm³/mol. The van der Waals surface area contributed by atoms with E-state index < -0.39 is 0 Å². The zero-order chi connectivity index (χ0) is 7.68. The van der Waals surface area contributed by atoms with Crippen LogP contribution in [0.4, 0.5) is 0 Å². The maximum absolute atomic E-state index is 5.57. The van der Waals surface area contributed by atoms with Gasteiger partial charge in [-0.2, -0.15) is 0 Å². The van der Waals surface area contributed by atoms with Crippen LogP contribution in [0.1, 0.15) is 19.3 Å². The summed E-state index contributed by atoms with van der Waals surface area (Å²) in [6.45, 7) is 4.92. The van der Waals surface area contributed by atoms with Crippen LogP contribution < -0.4 is 5.73 Å². The summed E-state index contributed by atoms with van der Waals surface area (Å²) in [7, 11) is 0. The highest BCUT2D eigenvalue weighted by atomic mass is 15.1. The van der Waals surface area contributed by atoms with Crippen molar-refractivity contribution in [2.45, 2.75) is 19.3 Å². The molecule has 3 rings (SSSR count). The molecule has 2 heteroatoms. The lowest BCUT2D eigenvalue weighted by Gasteiger charge is -2.44. The Hall–Kier alpha value is -0.0800. The van der Waals surface area contributed by atoms with Gasteiger partial charge >= 0.3 is 0 Å². The molecule has 3 heterocycles. The van der Waals surface area contributed by atoms with E-state index in [9.17, 15) is 0 Å². The average molecular weight is 154 g/mol. The molecule has 0 radical (unpaired) electrons. The Morgan fingerprint density at radius 1 is 1.27 bits per heavy atom. The van der Waals surface area contributed by atoms with Crippen LogP contribution in [0.5, 0.6) is 0 Å². The monoisotopic (exact) mass is 154 g/mol. The van der Waals surface area contributed by atoms with Gasteiger partial charge in [0.1, 0.15) is 0 Å². The van der Waals surface area contributed by atoms with Crippen molar-refractivity contribution in [3.8, 4) is 0 Å². The van der Waals surface area contributed by atoms with Gasteiger partial charge in [-0.3, -0.25) is 0 Å². The summed E-state index contributed by atoms with van der Waals surface area (Å²) < 4.78 is 0. The van der Waals surface area contributed by atoms with E-state index in [4.69, 9.17) is 5.73 Å². The lowest BCUT2D eigenvalue weighted by Crippen LogP contribution is -2.47. The van der Waals surface area contributed by atoms with E-state index in [1.807, 2.05) is 0 Å². The van der Waals surface area contributed by atoms with Crippen molar-refractivity contribution < 1.29 is 0 Å². The third kappa shape index (κ3) is 1.42. The summed E-state index contributed by atoms with van der Waals surface area (Å²) in [5, 5.41) is 0. The van der Waals surface area contributed by atoms with Crippen LogP contribution in [0.25, 0.3) is 0 Å². The molecular weight excluding hydrogens is 136 g/mol. The summed E-state index contributed by atoms with van der Waals surface area (Å²) in [6, 6.07) is 0. The van der Waals surface area contributed by atoms with Gasteiger partial charge in [-0.15, -0.1) is 0 Å². The summed E-state index contributed by atoms with van der Waals surface area (Å²) in [6.07, 6.45) is 4.12. The van der Waals surface area contributed by atoms with Gasteiger partial charge in [0.05, 0.1) is 0 Å². The fourth-order valence-electron chi connectivity index (χ4n) is 2.63. The van der Waals surface area contributed by atoms with E-state index in [2.05, 4.69) is 4.90 Å². The van der Waals surface area contributed by atoms with Crippen LogP contribution in [-0.2, 0) is 0 Å². The zero-order valence-electron chi connectivity index (χ0n) is 7.13. The first-order valence-electron chi connectivity index (χ1n) is 4.82. The van der Waals surface area contributed by atoms with Crippen LogP contribution in [0.3, 0.4) is 0 Å². The Labute approximate surface area is 68.7 Å². The Balaban J connectivity index is 1.92. The third-order valence-electron chi connectivity index (χ3n) is 3.33. The van der Waals surface area contributed by atoms with Crippen molar-refractivity contribution in [2.24, 2.45) is 17.6 Å². The minimum atomic E-state index is 0.884. The van der Waals surface area contributed by atoms with Crippen LogP contribution in [0.15, 0.2) is 0 Å². The second-order valence-electron chi connectivity index (χ2n) is 3.98. The third-order valence-corrected chi connectivity index (χ3v) is 3.33. The summed E-state index contributed by atoms with van der Waals surface area (Å²) in [5.41, 5.74) is 5.57. The molecule has 2 bridgehead atoms. The molecule has 0 aromatic rings. The molecule has 0 aliphatic carbocycles. The number of hydrogen-bond acceptors (Lipinski definition) is 2. The van der Waals surface area contributed by atoms with Crippen LogP contribution in [0.2, 0.25) is 0 Å².